The van der Waals surface area contributed by atoms with Crippen LogP contribution in [0.5, 0.6) is 0 Å². The standard InChI is InChI=1S/C13H17ClN2OS/c1-9-7-10(14)4-5-12(9)16-13(18)15-8-11-3-2-6-17-11/h4-5,7,11H,2-3,6,8H2,1H3,(H2,15,16,18)/t11-/m0/s1. The number of thiocarbonyl (C=S) groups is 1. The van der Waals surface area contributed by atoms with Gasteiger partial charge in [0.05, 0.1) is 6.10 Å². The Bertz CT molecular complexity index is 433. The summed E-state index contributed by atoms with van der Waals surface area (Å²) in [5.41, 5.74) is 2.05. The minimum Gasteiger partial charge on any atom is -0.376 e. The average Bonchev–Trinajstić information content (AvgIpc) is 2.83. The molecule has 0 unspecified atom stereocenters. The normalized spacial score (nSPS) is 18.7. The van der Waals surface area contributed by atoms with Gasteiger partial charge < -0.3 is 15.4 Å². The summed E-state index contributed by atoms with van der Waals surface area (Å²) in [6.45, 7) is 3.62. The third kappa shape index (κ3) is 3.83. The second kappa shape index (κ2) is 6.36. The summed E-state index contributed by atoms with van der Waals surface area (Å²) in [7, 11) is 0. The largest absolute Gasteiger partial charge is 0.376 e. The van der Waals surface area contributed by atoms with Gasteiger partial charge in [-0.05, 0) is 55.7 Å². The van der Waals surface area contributed by atoms with E-state index in [4.69, 9.17) is 28.6 Å². The third-order valence-corrected chi connectivity index (χ3v) is 3.43. The highest BCUT2D eigenvalue weighted by Crippen LogP contribution is 2.19. The van der Waals surface area contributed by atoms with E-state index in [9.17, 15) is 0 Å². The zero-order chi connectivity index (χ0) is 13.0. The molecular weight excluding hydrogens is 268 g/mol. The second-order valence-corrected chi connectivity index (χ2v) is 5.27. The Labute approximate surface area is 118 Å². The van der Waals surface area contributed by atoms with Gasteiger partial charge in [0.15, 0.2) is 5.11 Å². The molecule has 0 spiro atoms. The van der Waals surface area contributed by atoms with E-state index in [1.165, 1.54) is 0 Å². The molecular formula is C13H17ClN2OS. The number of anilines is 1. The minimum atomic E-state index is 0.288. The van der Waals surface area contributed by atoms with Gasteiger partial charge in [-0.15, -0.1) is 0 Å². The number of hydrogen-bond donors (Lipinski definition) is 2. The first-order valence-corrected chi connectivity index (χ1v) is 6.86. The molecule has 1 saturated heterocycles. The zero-order valence-corrected chi connectivity index (χ0v) is 11.9. The van der Waals surface area contributed by atoms with Crippen LogP contribution in [0.25, 0.3) is 0 Å². The van der Waals surface area contributed by atoms with E-state index in [0.717, 1.165) is 42.3 Å². The average molecular weight is 285 g/mol. The number of benzene rings is 1. The number of hydrogen-bond acceptors (Lipinski definition) is 2. The Hall–Kier alpha value is -0.840. The smallest absolute Gasteiger partial charge is 0.170 e. The Morgan fingerprint density at radius 1 is 1.56 bits per heavy atom. The monoisotopic (exact) mass is 284 g/mol. The van der Waals surface area contributed by atoms with E-state index in [0.29, 0.717) is 5.11 Å². The van der Waals surface area contributed by atoms with Crippen molar-refractivity contribution < 1.29 is 4.74 Å². The lowest BCUT2D eigenvalue weighted by Gasteiger charge is -2.15. The Kier molecular flexibility index (Phi) is 4.80. The number of nitrogens with one attached hydrogen (secondary N) is 2. The lowest BCUT2D eigenvalue weighted by Crippen LogP contribution is -2.34. The molecule has 2 N–H and O–H groups in total. The summed E-state index contributed by atoms with van der Waals surface area (Å²) in [5.74, 6) is 0. The highest BCUT2D eigenvalue weighted by molar-refractivity contribution is 7.80. The maximum absolute atomic E-state index is 5.91. The van der Waals surface area contributed by atoms with Crippen molar-refractivity contribution in [3.05, 3.63) is 28.8 Å². The molecule has 98 valence electrons. The fraction of sp³-hybridized carbons (Fsp3) is 0.462. The first kappa shape index (κ1) is 13.6. The number of aryl methyl sites for hydroxylation is 1. The molecule has 1 heterocycles. The van der Waals surface area contributed by atoms with Crippen molar-refractivity contribution in [1.82, 2.24) is 5.32 Å². The minimum absolute atomic E-state index is 0.288. The topological polar surface area (TPSA) is 33.3 Å². The number of halogens is 1. The summed E-state index contributed by atoms with van der Waals surface area (Å²) in [6, 6.07) is 5.68. The molecule has 1 aliphatic rings. The van der Waals surface area contributed by atoms with Crippen LogP contribution in [0.3, 0.4) is 0 Å². The van der Waals surface area contributed by atoms with Gasteiger partial charge in [0.2, 0.25) is 0 Å². The van der Waals surface area contributed by atoms with Crippen LogP contribution in [0.15, 0.2) is 18.2 Å². The molecule has 0 saturated carbocycles. The van der Waals surface area contributed by atoms with Crippen molar-refractivity contribution in [2.24, 2.45) is 0 Å². The van der Waals surface area contributed by atoms with Crippen molar-refractivity contribution >= 4 is 34.6 Å². The van der Waals surface area contributed by atoms with Crippen molar-refractivity contribution in [2.75, 3.05) is 18.5 Å². The van der Waals surface area contributed by atoms with Crippen LogP contribution in [0.4, 0.5) is 5.69 Å². The molecule has 18 heavy (non-hydrogen) atoms. The van der Waals surface area contributed by atoms with Gasteiger partial charge >= 0.3 is 0 Å². The fourth-order valence-corrected chi connectivity index (χ4v) is 2.37. The van der Waals surface area contributed by atoms with Gasteiger partial charge in [0, 0.05) is 23.9 Å². The molecule has 0 aliphatic carbocycles. The SMILES string of the molecule is Cc1cc(Cl)ccc1NC(=S)NC[C@@H]1CCCO1. The predicted octanol–water partition coefficient (Wildman–Crippen LogP) is 3.11. The summed E-state index contributed by atoms with van der Waals surface area (Å²) >= 11 is 11.2. The predicted molar refractivity (Wildman–Crippen MR) is 79.4 cm³/mol. The first-order valence-electron chi connectivity index (χ1n) is 6.08. The van der Waals surface area contributed by atoms with Crippen molar-refractivity contribution in [2.45, 2.75) is 25.9 Å². The zero-order valence-electron chi connectivity index (χ0n) is 10.3. The van der Waals surface area contributed by atoms with E-state index in [1.54, 1.807) is 0 Å². The molecule has 2 rings (SSSR count). The van der Waals surface area contributed by atoms with E-state index in [-0.39, 0.29) is 6.10 Å². The van der Waals surface area contributed by atoms with E-state index >= 15 is 0 Å². The van der Waals surface area contributed by atoms with Crippen molar-refractivity contribution in [3.8, 4) is 0 Å². The van der Waals surface area contributed by atoms with E-state index < -0.39 is 0 Å². The van der Waals surface area contributed by atoms with Gasteiger partial charge in [-0.3, -0.25) is 0 Å². The van der Waals surface area contributed by atoms with Crippen LogP contribution in [0.2, 0.25) is 5.02 Å². The molecule has 0 radical (unpaired) electrons. The van der Waals surface area contributed by atoms with E-state index in [1.807, 2.05) is 25.1 Å². The van der Waals surface area contributed by atoms with Gasteiger partial charge in [-0.1, -0.05) is 11.6 Å². The fourth-order valence-electron chi connectivity index (χ4n) is 1.95. The molecule has 0 amide bonds. The summed E-state index contributed by atoms with van der Waals surface area (Å²) in [5, 5.41) is 7.70. The van der Waals surface area contributed by atoms with Crippen molar-refractivity contribution in [1.29, 1.82) is 0 Å². The lowest BCUT2D eigenvalue weighted by atomic mass is 10.2. The van der Waals surface area contributed by atoms with Crippen LogP contribution in [-0.2, 0) is 4.74 Å². The second-order valence-electron chi connectivity index (χ2n) is 4.43. The maximum Gasteiger partial charge on any atom is 0.170 e. The van der Waals surface area contributed by atoms with Gasteiger partial charge in [0.25, 0.3) is 0 Å². The Morgan fingerprint density at radius 2 is 2.39 bits per heavy atom. The molecule has 1 fully saturated rings. The van der Waals surface area contributed by atoms with Crippen LogP contribution in [0.1, 0.15) is 18.4 Å². The Morgan fingerprint density at radius 3 is 3.06 bits per heavy atom. The number of rotatable bonds is 3. The van der Waals surface area contributed by atoms with Gasteiger partial charge in [-0.25, -0.2) is 0 Å². The molecule has 1 atom stereocenters. The van der Waals surface area contributed by atoms with Crippen molar-refractivity contribution in [3.63, 3.8) is 0 Å². The number of ether oxygens (including phenoxy) is 1. The summed E-state index contributed by atoms with van der Waals surface area (Å²) in [6.07, 6.45) is 2.54. The molecule has 5 heteroatoms. The van der Waals surface area contributed by atoms with Gasteiger partial charge in [0.1, 0.15) is 0 Å². The Balaban J connectivity index is 1.82. The molecule has 3 nitrogen and oxygen atoms in total. The summed E-state index contributed by atoms with van der Waals surface area (Å²) < 4.78 is 5.53. The molecule has 0 aromatic heterocycles. The third-order valence-electron chi connectivity index (χ3n) is 2.95. The van der Waals surface area contributed by atoms with E-state index in [2.05, 4.69) is 10.6 Å². The molecule has 0 bridgehead atoms. The molecule has 1 aliphatic heterocycles. The summed E-state index contributed by atoms with van der Waals surface area (Å²) in [4.78, 5) is 0. The lowest BCUT2D eigenvalue weighted by molar-refractivity contribution is 0.114. The molecule has 1 aromatic carbocycles. The first-order chi connectivity index (χ1) is 8.65. The van der Waals surface area contributed by atoms with Crippen LogP contribution in [0, 0.1) is 6.92 Å². The highest BCUT2D eigenvalue weighted by Gasteiger charge is 2.15. The highest BCUT2D eigenvalue weighted by atomic mass is 35.5. The van der Waals surface area contributed by atoms with Crippen LogP contribution >= 0.6 is 23.8 Å². The van der Waals surface area contributed by atoms with Crippen LogP contribution in [-0.4, -0.2) is 24.4 Å². The van der Waals surface area contributed by atoms with Gasteiger partial charge in [-0.2, -0.15) is 0 Å². The van der Waals surface area contributed by atoms with Crippen LogP contribution < -0.4 is 10.6 Å². The maximum atomic E-state index is 5.91. The quantitative estimate of drug-likeness (QED) is 0.836. The molecule has 1 aromatic rings.